The van der Waals surface area contributed by atoms with Crippen LogP contribution in [0.15, 0.2) is 18.3 Å². The van der Waals surface area contributed by atoms with Gasteiger partial charge in [0.25, 0.3) is 0 Å². The SMILES string of the molecule is CC(C)N1CCC(Cn2c(C3CCCN3)nc3cccnc32)C1. The van der Waals surface area contributed by atoms with E-state index in [0.717, 1.165) is 24.3 Å². The lowest BCUT2D eigenvalue weighted by Crippen LogP contribution is -2.29. The van der Waals surface area contributed by atoms with Gasteiger partial charge in [-0.3, -0.25) is 0 Å². The van der Waals surface area contributed by atoms with Gasteiger partial charge < -0.3 is 14.8 Å². The van der Waals surface area contributed by atoms with Crippen LogP contribution in [0, 0.1) is 5.92 Å². The van der Waals surface area contributed by atoms with Crippen LogP contribution in [0.25, 0.3) is 11.2 Å². The van der Waals surface area contributed by atoms with Gasteiger partial charge in [0.05, 0.1) is 6.04 Å². The first-order valence-corrected chi connectivity index (χ1v) is 9.01. The summed E-state index contributed by atoms with van der Waals surface area (Å²) in [7, 11) is 0. The number of nitrogens with zero attached hydrogens (tertiary/aromatic N) is 4. The second kappa shape index (κ2) is 6.21. The Morgan fingerprint density at radius 2 is 2.26 bits per heavy atom. The van der Waals surface area contributed by atoms with Gasteiger partial charge in [0, 0.05) is 25.3 Å². The van der Waals surface area contributed by atoms with Gasteiger partial charge >= 0.3 is 0 Å². The highest BCUT2D eigenvalue weighted by atomic mass is 15.2. The molecule has 0 radical (unpaired) electrons. The van der Waals surface area contributed by atoms with Crippen molar-refractivity contribution in [3.63, 3.8) is 0 Å². The Morgan fingerprint density at radius 1 is 1.35 bits per heavy atom. The Kier molecular flexibility index (Phi) is 4.07. The predicted molar refractivity (Wildman–Crippen MR) is 92.3 cm³/mol. The summed E-state index contributed by atoms with van der Waals surface area (Å²) in [6.07, 6.45) is 5.60. The van der Waals surface area contributed by atoms with Gasteiger partial charge in [-0.2, -0.15) is 0 Å². The molecule has 0 saturated carbocycles. The molecule has 2 unspecified atom stereocenters. The molecule has 0 aromatic carbocycles. The lowest BCUT2D eigenvalue weighted by Gasteiger charge is -2.21. The van der Waals surface area contributed by atoms with E-state index in [9.17, 15) is 0 Å². The number of imidazole rings is 1. The molecule has 4 rings (SSSR count). The summed E-state index contributed by atoms with van der Waals surface area (Å²) in [5, 5.41) is 3.60. The maximum atomic E-state index is 4.92. The fourth-order valence-electron chi connectivity index (χ4n) is 4.07. The van der Waals surface area contributed by atoms with Crippen molar-refractivity contribution in [3.8, 4) is 0 Å². The minimum atomic E-state index is 0.395. The second-order valence-corrected chi connectivity index (χ2v) is 7.32. The lowest BCUT2D eigenvalue weighted by atomic mass is 10.1. The van der Waals surface area contributed by atoms with E-state index in [-0.39, 0.29) is 0 Å². The molecule has 2 fully saturated rings. The van der Waals surface area contributed by atoms with Crippen molar-refractivity contribution < 1.29 is 0 Å². The minimum absolute atomic E-state index is 0.395. The highest BCUT2D eigenvalue weighted by Crippen LogP contribution is 2.28. The third-order valence-electron chi connectivity index (χ3n) is 5.39. The average molecular weight is 313 g/mol. The molecule has 0 aliphatic carbocycles. The molecular formula is C18H27N5. The van der Waals surface area contributed by atoms with Crippen LogP contribution in [0.5, 0.6) is 0 Å². The van der Waals surface area contributed by atoms with Crippen LogP contribution in [-0.4, -0.2) is 45.1 Å². The molecule has 5 nitrogen and oxygen atoms in total. The molecule has 2 aliphatic heterocycles. The standard InChI is InChI=1S/C18H27N5/c1-13(2)22-10-7-14(11-22)12-23-17-16(6-4-9-20-17)21-18(23)15-5-3-8-19-15/h4,6,9,13-15,19H,3,5,7-8,10-12H2,1-2H3. The van der Waals surface area contributed by atoms with Crippen LogP contribution < -0.4 is 5.32 Å². The van der Waals surface area contributed by atoms with Crippen LogP contribution in [0.1, 0.15) is 45.0 Å². The van der Waals surface area contributed by atoms with Crippen molar-refractivity contribution in [1.29, 1.82) is 0 Å². The first-order chi connectivity index (χ1) is 11.2. The van der Waals surface area contributed by atoms with Crippen molar-refractivity contribution in [2.45, 2.75) is 51.7 Å². The Hall–Kier alpha value is -1.46. The van der Waals surface area contributed by atoms with Crippen molar-refractivity contribution in [3.05, 3.63) is 24.2 Å². The van der Waals surface area contributed by atoms with E-state index in [1.807, 2.05) is 12.3 Å². The van der Waals surface area contributed by atoms with Gasteiger partial charge in [-0.1, -0.05) is 0 Å². The molecule has 0 amide bonds. The molecule has 2 aromatic heterocycles. The fraction of sp³-hybridized carbons (Fsp3) is 0.667. The summed E-state index contributed by atoms with van der Waals surface area (Å²) < 4.78 is 2.40. The number of fused-ring (bicyclic) bond motifs is 1. The van der Waals surface area contributed by atoms with E-state index in [0.29, 0.717) is 18.0 Å². The zero-order chi connectivity index (χ0) is 15.8. The molecule has 4 heterocycles. The monoisotopic (exact) mass is 313 g/mol. The highest BCUT2D eigenvalue weighted by molar-refractivity contribution is 5.71. The van der Waals surface area contributed by atoms with Crippen LogP contribution in [0.3, 0.4) is 0 Å². The first kappa shape index (κ1) is 15.1. The Morgan fingerprint density at radius 3 is 3.00 bits per heavy atom. The fourth-order valence-corrected chi connectivity index (χ4v) is 4.07. The van der Waals surface area contributed by atoms with Gasteiger partial charge in [0.2, 0.25) is 0 Å². The second-order valence-electron chi connectivity index (χ2n) is 7.32. The molecule has 2 atom stereocenters. The molecule has 0 bridgehead atoms. The number of nitrogens with one attached hydrogen (secondary N) is 1. The summed E-state index contributed by atoms with van der Waals surface area (Å²) in [6.45, 7) is 9.16. The molecule has 2 aliphatic rings. The number of hydrogen-bond donors (Lipinski definition) is 1. The number of hydrogen-bond acceptors (Lipinski definition) is 4. The van der Waals surface area contributed by atoms with E-state index in [2.05, 4.69) is 39.7 Å². The summed E-state index contributed by atoms with van der Waals surface area (Å²) in [4.78, 5) is 12.1. The number of aromatic nitrogens is 3. The van der Waals surface area contributed by atoms with Crippen LogP contribution in [0.4, 0.5) is 0 Å². The van der Waals surface area contributed by atoms with E-state index in [4.69, 9.17) is 4.98 Å². The summed E-state index contributed by atoms with van der Waals surface area (Å²) >= 11 is 0. The molecule has 5 heteroatoms. The third kappa shape index (κ3) is 2.88. The third-order valence-corrected chi connectivity index (χ3v) is 5.39. The normalized spacial score (nSPS) is 25.9. The quantitative estimate of drug-likeness (QED) is 0.942. The largest absolute Gasteiger partial charge is 0.311 e. The molecule has 124 valence electrons. The summed E-state index contributed by atoms with van der Waals surface area (Å²) in [6, 6.07) is 5.12. The smallest absolute Gasteiger partial charge is 0.160 e. The Labute approximate surface area is 138 Å². The van der Waals surface area contributed by atoms with Crippen molar-refractivity contribution in [2.24, 2.45) is 5.92 Å². The van der Waals surface area contributed by atoms with Gasteiger partial charge in [-0.25, -0.2) is 9.97 Å². The molecular weight excluding hydrogens is 286 g/mol. The van der Waals surface area contributed by atoms with Crippen molar-refractivity contribution in [2.75, 3.05) is 19.6 Å². The van der Waals surface area contributed by atoms with Gasteiger partial charge in [0.1, 0.15) is 11.3 Å². The number of pyridine rings is 1. The molecule has 2 saturated heterocycles. The number of likely N-dealkylation sites (tertiary alicyclic amines) is 1. The zero-order valence-corrected chi connectivity index (χ0v) is 14.2. The van der Waals surface area contributed by atoms with E-state index < -0.39 is 0 Å². The van der Waals surface area contributed by atoms with Gasteiger partial charge in [-0.15, -0.1) is 0 Å². The lowest BCUT2D eigenvalue weighted by molar-refractivity contribution is 0.260. The van der Waals surface area contributed by atoms with Crippen molar-refractivity contribution in [1.82, 2.24) is 24.8 Å². The Balaban J connectivity index is 1.63. The van der Waals surface area contributed by atoms with E-state index >= 15 is 0 Å². The van der Waals surface area contributed by atoms with E-state index in [1.54, 1.807) is 0 Å². The van der Waals surface area contributed by atoms with Crippen molar-refractivity contribution >= 4 is 11.2 Å². The van der Waals surface area contributed by atoms with Crippen LogP contribution >= 0.6 is 0 Å². The van der Waals surface area contributed by atoms with Crippen LogP contribution in [-0.2, 0) is 6.54 Å². The highest BCUT2D eigenvalue weighted by Gasteiger charge is 2.28. The van der Waals surface area contributed by atoms with Gasteiger partial charge in [-0.05, 0) is 64.3 Å². The topological polar surface area (TPSA) is 46.0 Å². The maximum Gasteiger partial charge on any atom is 0.160 e. The maximum absolute atomic E-state index is 4.92. The van der Waals surface area contributed by atoms with Gasteiger partial charge in [0.15, 0.2) is 5.65 Å². The average Bonchev–Trinajstić information content (AvgIpc) is 3.27. The summed E-state index contributed by atoms with van der Waals surface area (Å²) in [5.41, 5.74) is 2.09. The predicted octanol–water partition coefficient (Wildman–Crippen LogP) is 2.59. The number of rotatable bonds is 4. The molecule has 2 aromatic rings. The Bertz CT molecular complexity index is 671. The van der Waals surface area contributed by atoms with E-state index in [1.165, 1.54) is 38.2 Å². The van der Waals surface area contributed by atoms with Crippen LogP contribution in [0.2, 0.25) is 0 Å². The minimum Gasteiger partial charge on any atom is -0.311 e. The molecule has 0 spiro atoms. The molecule has 1 N–H and O–H groups in total. The zero-order valence-electron chi connectivity index (χ0n) is 14.2. The molecule has 23 heavy (non-hydrogen) atoms. The first-order valence-electron chi connectivity index (χ1n) is 9.01. The summed E-state index contributed by atoms with van der Waals surface area (Å²) in [5.74, 6) is 1.90.